The quantitative estimate of drug-likeness (QED) is 0.518. The number of aliphatic hydroxyl groups is 2. The lowest BCUT2D eigenvalue weighted by Crippen LogP contribution is -2.31. The van der Waals surface area contributed by atoms with E-state index in [-0.39, 0.29) is 19.0 Å². The van der Waals surface area contributed by atoms with Crippen molar-refractivity contribution in [2.75, 3.05) is 13.2 Å². The van der Waals surface area contributed by atoms with Crippen LogP contribution in [0, 0.1) is 0 Å². The van der Waals surface area contributed by atoms with Gasteiger partial charge in [-0.25, -0.2) is 0 Å². The summed E-state index contributed by atoms with van der Waals surface area (Å²) in [6, 6.07) is 7.86. The van der Waals surface area contributed by atoms with Crippen LogP contribution in [-0.2, 0) is 11.8 Å². The summed E-state index contributed by atoms with van der Waals surface area (Å²) in [4.78, 5) is 13.5. The van der Waals surface area contributed by atoms with E-state index in [1.54, 1.807) is 6.07 Å². The minimum absolute atomic E-state index is 0.0127. The maximum atomic E-state index is 13.5. The van der Waals surface area contributed by atoms with Gasteiger partial charge in [0.05, 0.1) is 15.6 Å². The van der Waals surface area contributed by atoms with Crippen LogP contribution < -0.4 is 4.74 Å². The third-order valence-corrected chi connectivity index (χ3v) is 7.50. The first-order valence-electron chi connectivity index (χ1n) is 9.18. The second kappa shape index (κ2) is 7.61. The van der Waals surface area contributed by atoms with Crippen molar-refractivity contribution in [1.29, 1.82) is 0 Å². The van der Waals surface area contributed by atoms with Crippen LogP contribution >= 0.6 is 47.8 Å². The molecule has 0 bridgehead atoms. The second-order valence-electron chi connectivity index (χ2n) is 7.86. The zero-order valence-electron chi connectivity index (χ0n) is 15.9. The fourth-order valence-corrected chi connectivity index (χ4v) is 6.48. The minimum atomic E-state index is -0.975. The molecule has 152 valence electrons. The summed E-state index contributed by atoms with van der Waals surface area (Å²) in [5.41, 5.74) is 5.18. The van der Waals surface area contributed by atoms with E-state index in [1.165, 1.54) is 0 Å². The van der Waals surface area contributed by atoms with E-state index in [1.807, 2.05) is 12.1 Å². The van der Waals surface area contributed by atoms with Crippen molar-refractivity contribution in [1.82, 2.24) is 0 Å². The van der Waals surface area contributed by atoms with Gasteiger partial charge < -0.3 is 14.9 Å². The number of fused-ring (bicyclic) bond motifs is 3. The third kappa shape index (κ3) is 3.35. The van der Waals surface area contributed by atoms with Crippen molar-refractivity contribution in [2.45, 2.75) is 31.8 Å². The molecule has 0 spiro atoms. The summed E-state index contributed by atoms with van der Waals surface area (Å²) >= 11 is 10.7. The number of halogens is 3. The average molecular weight is 587 g/mol. The van der Waals surface area contributed by atoms with Crippen molar-refractivity contribution in [3.63, 3.8) is 0 Å². The summed E-state index contributed by atoms with van der Waals surface area (Å²) < 4.78 is 8.08. The van der Waals surface area contributed by atoms with Gasteiger partial charge in [0.25, 0.3) is 0 Å². The molecule has 0 saturated heterocycles. The predicted octanol–water partition coefficient (Wildman–Crippen LogP) is 5.19. The van der Waals surface area contributed by atoms with Gasteiger partial charge in [-0.1, -0.05) is 35.8 Å². The molecular formula is C22H19Br3O4. The molecular weight excluding hydrogens is 568 g/mol. The second-order valence-corrected chi connectivity index (χ2v) is 10.4. The maximum absolute atomic E-state index is 13.5. The van der Waals surface area contributed by atoms with Crippen molar-refractivity contribution in [3.05, 3.63) is 65.5 Å². The van der Waals surface area contributed by atoms with Gasteiger partial charge in [-0.15, -0.1) is 0 Å². The Balaban J connectivity index is 1.86. The van der Waals surface area contributed by atoms with E-state index in [0.717, 1.165) is 38.7 Å². The van der Waals surface area contributed by atoms with E-state index in [9.17, 15) is 9.90 Å². The number of ketones is 1. The Labute approximate surface area is 194 Å². The Bertz CT molecular complexity index is 1070. The van der Waals surface area contributed by atoms with Gasteiger partial charge >= 0.3 is 0 Å². The van der Waals surface area contributed by atoms with E-state index < -0.39 is 11.5 Å². The Morgan fingerprint density at radius 2 is 1.90 bits per heavy atom. The van der Waals surface area contributed by atoms with Crippen LogP contribution in [0.1, 0.15) is 40.9 Å². The van der Waals surface area contributed by atoms with Crippen LogP contribution in [0.5, 0.6) is 5.75 Å². The molecule has 2 aromatic carbocycles. The summed E-state index contributed by atoms with van der Waals surface area (Å²) in [7, 11) is 0. The van der Waals surface area contributed by atoms with Crippen LogP contribution in [0.3, 0.4) is 0 Å². The van der Waals surface area contributed by atoms with Gasteiger partial charge in [0.1, 0.15) is 18.5 Å². The fourth-order valence-electron chi connectivity index (χ4n) is 4.23. The number of benzene rings is 2. The molecule has 2 N–H and O–H groups in total. The highest BCUT2D eigenvalue weighted by molar-refractivity contribution is 9.11. The molecule has 0 saturated carbocycles. The van der Waals surface area contributed by atoms with Crippen LogP contribution in [0.4, 0.5) is 0 Å². The fraction of sp³-hybridized carbons (Fsp3) is 0.318. The molecule has 0 unspecified atom stereocenters. The molecule has 4 nitrogen and oxygen atoms in total. The van der Waals surface area contributed by atoms with Gasteiger partial charge in [-0.05, 0) is 78.7 Å². The van der Waals surface area contributed by atoms with Crippen molar-refractivity contribution < 1.29 is 19.7 Å². The molecule has 29 heavy (non-hydrogen) atoms. The Hall–Kier alpha value is -0.990. The van der Waals surface area contributed by atoms with E-state index >= 15 is 0 Å². The number of allylic oxidation sites excluding steroid dienone is 2. The molecule has 7 heteroatoms. The van der Waals surface area contributed by atoms with Gasteiger partial charge in [0.15, 0.2) is 5.78 Å². The number of ether oxygens (including phenoxy) is 1. The standard InChI is InChI=1S/C22H19Br3O4/c1-22(2)15-6-10-5-11(23)3-4-13(10)17(15)20(28)14-7-16(24)21(19(25)18(14)22)29-9-12(27)8-26/h3-5,7,12,26-27H,6,8-9H2,1-2H3/t12-/m1/s1. The predicted molar refractivity (Wildman–Crippen MR) is 123 cm³/mol. The number of aliphatic hydroxyl groups excluding tert-OH is 2. The molecule has 0 amide bonds. The lowest BCUT2D eigenvalue weighted by molar-refractivity contribution is 0.0530. The Morgan fingerprint density at radius 1 is 1.17 bits per heavy atom. The third-order valence-electron chi connectivity index (χ3n) is 5.66. The van der Waals surface area contributed by atoms with Crippen molar-refractivity contribution in [3.8, 4) is 5.75 Å². The Kier molecular flexibility index (Phi) is 5.57. The molecule has 1 atom stereocenters. The Morgan fingerprint density at radius 3 is 2.59 bits per heavy atom. The summed E-state index contributed by atoms with van der Waals surface area (Å²) in [6.45, 7) is 3.82. The highest BCUT2D eigenvalue weighted by Crippen LogP contribution is 2.54. The van der Waals surface area contributed by atoms with Crippen LogP contribution in [-0.4, -0.2) is 35.3 Å². The molecule has 0 aliphatic heterocycles. The first-order chi connectivity index (χ1) is 13.7. The zero-order chi connectivity index (χ0) is 21.1. The molecule has 0 heterocycles. The lowest BCUT2D eigenvalue weighted by atomic mass is 9.68. The first-order valence-corrected chi connectivity index (χ1v) is 11.6. The molecule has 0 radical (unpaired) electrons. The molecule has 0 aromatic heterocycles. The number of hydrogen-bond acceptors (Lipinski definition) is 4. The van der Waals surface area contributed by atoms with Crippen molar-refractivity contribution in [2.24, 2.45) is 0 Å². The monoisotopic (exact) mass is 584 g/mol. The van der Waals surface area contributed by atoms with Gasteiger partial charge in [-0.3, -0.25) is 4.79 Å². The van der Waals surface area contributed by atoms with Gasteiger partial charge in [0, 0.05) is 21.0 Å². The number of rotatable bonds is 4. The number of carbonyl (C=O) groups excluding carboxylic acids is 1. The summed E-state index contributed by atoms with van der Waals surface area (Å²) in [5, 5.41) is 18.7. The zero-order valence-corrected chi connectivity index (χ0v) is 20.6. The number of carbonyl (C=O) groups is 1. The average Bonchev–Trinajstić information content (AvgIpc) is 3.05. The largest absolute Gasteiger partial charge is 0.488 e. The van der Waals surface area contributed by atoms with Crippen LogP contribution in [0.2, 0.25) is 0 Å². The highest BCUT2D eigenvalue weighted by atomic mass is 79.9. The van der Waals surface area contributed by atoms with Crippen molar-refractivity contribution >= 4 is 59.1 Å². The topological polar surface area (TPSA) is 66.8 Å². The van der Waals surface area contributed by atoms with E-state index in [2.05, 4.69) is 67.7 Å². The normalized spacial score (nSPS) is 17.7. The van der Waals surface area contributed by atoms with Gasteiger partial charge in [-0.2, -0.15) is 0 Å². The lowest BCUT2D eigenvalue weighted by Gasteiger charge is -2.36. The number of hydrogen-bond donors (Lipinski definition) is 2. The molecule has 0 fully saturated rings. The van der Waals surface area contributed by atoms with Gasteiger partial charge in [0.2, 0.25) is 0 Å². The molecule has 2 aromatic rings. The van der Waals surface area contributed by atoms with Crippen LogP contribution in [0.25, 0.3) is 5.57 Å². The summed E-state index contributed by atoms with van der Waals surface area (Å²) in [6.07, 6.45) is -0.249. The van der Waals surface area contributed by atoms with E-state index in [4.69, 9.17) is 9.84 Å². The maximum Gasteiger partial charge on any atom is 0.194 e. The summed E-state index contributed by atoms with van der Waals surface area (Å²) in [5.74, 6) is 0.526. The number of Topliss-reactive ketones (excluding diaryl/α,β-unsaturated/α-hetero) is 1. The first kappa shape index (κ1) is 21.2. The SMILES string of the molecule is CC1(C)C2=C(C(=O)c3cc(Br)c(OC[C@H](O)CO)c(Br)c31)c1ccc(Br)cc1C2. The van der Waals surface area contributed by atoms with Crippen LogP contribution in [0.15, 0.2) is 43.3 Å². The van der Waals surface area contributed by atoms with E-state index in [0.29, 0.717) is 20.3 Å². The molecule has 4 rings (SSSR count). The molecule has 2 aliphatic rings. The smallest absolute Gasteiger partial charge is 0.194 e. The minimum Gasteiger partial charge on any atom is -0.488 e. The molecule has 2 aliphatic carbocycles. The highest BCUT2D eigenvalue weighted by Gasteiger charge is 2.44.